The number of carbonyl (C=O) groups excluding carboxylic acids is 1. The smallest absolute Gasteiger partial charge is 0.238 e. The van der Waals surface area contributed by atoms with Crippen LogP contribution in [0.1, 0.15) is 39.5 Å². The maximum Gasteiger partial charge on any atom is 0.238 e. The highest BCUT2D eigenvalue weighted by Crippen LogP contribution is 2.25. The maximum absolute atomic E-state index is 11.6. The van der Waals surface area contributed by atoms with Crippen molar-refractivity contribution >= 4 is 5.91 Å². The highest BCUT2D eigenvalue weighted by Gasteiger charge is 2.21. The molecular formula is C15H30N2O3. The summed E-state index contributed by atoms with van der Waals surface area (Å²) in [5.41, 5.74) is 0. The van der Waals surface area contributed by atoms with Gasteiger partial charge in [0.05, 0.1) is 24.9 Å². The van der Waals surface area contributed by atoms with Gasteiger partial charge in [-0.2, -0.15) is 0 Å². The van der Waals surface area contributed by atoms with E-state index in [0.717, 1.165) is 18.8 Å². The van der Waals surface area contributed by atoms with Crippen LogP contribution in [0.5, 0.6) is 0 Å². The van der Waals surface area contributed by atoms with Gasteiger partial charge in [0.1, 0.15) is 0 Å². The summed E-state index contributed by atoms with van der Waals surface area (Å²) in [6, 6.07) is -0.283. The van der Waals surface area contributed by atoms with Crippen LogP contribution in [-0.4, -0.2) is 61.4 Å². The second kappa shape index (κ2) is 8.60. The number of nitrogens with zero attached hydrogens (tertiary/aromatic N) is 1. The Hall–Kier alpha value is -0.650. The average Bonchev–Trinajstić information content (AvgIpc) is 2.41. The molecule has 5 nitrogen and oxygen atoms in total. The van der Waals surface area contributed by atoms with Crippen LogP contribution < -0.4 is 5.32 Å². The average molecular weight is 286 g/mol. The van der Waals surface area contributed by atoms with Gasteiger partial charge in [0.15, 0.2) is 0 Å². The second-order valence-corrected chi connectivity index (χ2v) is 6.24. The summed E-state index contributed by atoms with van der Waals surface area (Å²) in [5, 5.41) is 12.9. The quantitative estimate of drug-likeness (QED) is 0.733. The molecule has 1 aliphatic rings. The van der Waals surface area contributed by atoms with E-state index in [1.807, 2.05) is 0 Å². The van der Waals surface area contributed by atoms with Crippen molar-refractivity contribution in [1.29, 1.82) is 0 Å². The number of aliphatic hydroxyl groups is 1. The molecule has 0 bridgehead atoms. The van der Waals surface area contributed by atoms with E-state index in [1.165, 1.54) is 12.8 Å². The zero-order valence-electron chi connectivity index (χ0n) is 13.3. The molecule has 0 aromatic heterocycles. The van der Waals surface area contributed by atoms with E-state index in [1.54, 1.807) is 25.9 Å². The number of nitrogens with one attached hydrogen (secondary N) is 1. The van der Waals surface area contributed by atoms with Gasteiger partial charge in [0.25, 0.3) is 0 Å². The SMILES string of the molecule is CC1CCCC(OCC(O)CNC(C)C(=O)N(C)C)C1. The van der Waals surface area contributed by atoms with Crippen LogP contribution in [0.25, 0.3) is 0 Å². The van der Waals surface area contributed by atoms with Crippen molar-refractivity contribution in [3.8, 4) is 0 Å². The first-order chi connectivity index (χ1) is 9.40. The highest BCUT2D eigenvalue weighted by molar-refractivity contribution is 5.80. The fourth-order valence-corrected chi connectivity index (χ4v) is 2.62. The minimum Gasteiger partial charge on any atom is -0.389 e. The fourth-order valence-electron chi connectivity index (χ4n) is 2.62. The van der Waals surface area contributed by atoms with E-state index >= 15 is 0 Å². The number of amides is 1. The Morgan fingerprint density at radius 1 is 1.45 bits per heavy atom. The molecule has 118 valence electrons. The van der Waals surface area contributed by atoms with Gasteiger partial charge in [0, 0.05) is 20.6 Å². The van der Waals surface area contributed by atoms with E-state index in [9.17, 15) is 9.90 Å². The molecule has 0 saturated heterocycles. The van der Waals surface area contributed by atoms with Crippen molar-refractivity contribution in [2.45, 2.75) is 57.8 Å². The molecule has 4 unspecified atom stereocenters. The molecule has 4 atom stereocenters. The molecule has 1 aliphatic carbocycles. The lowest BCUT2D eigenvalue weighted by Gasteiger charge is -2.28. The molecule has 1 fully saturated rings. The molecule has 1 amide bonds. The molecule has 5 heteroatoms. The third-order valence-electron chi connectivity index (χ3n) is 3.88. The first-order valence-electron chi connectivity index (χ1n) is 7.64. The zero-order chi connectivity index (χ0) is 15.1. The Balaban J connectivity index is 2.16. The highest BCUT2D eigenvalue weighted by atomic mass is 16.5. The number of ether oxygens (including phenoxy) is 1. The number of hydrogen-bond donors (Lipinski definition) is 2. The molecule has 0 radical (unpaired) electrons. The monoisotopic (exact) mass is 286 g/mol. The standard InChI is InChI=1S/C15H30N2O3/c1-11-6-5-7-14(8-11)20-10-13(18)9-16-12(2)15(19)17(3)4/h11-14,16,18H,5-10H2,1-4H3. The minimum absolute atomic E-state index is 0.0132. The predicted octanol–water partition coefficient (Wildman–Crippen LogP) is 1.01. The van der Waals surface area contributed by atoms with Gasteiger partial charge in [-0.15, -0.1) is 0 Å². The third-order valence-corrected chi connectivity index (χ3v) is 3.88. The van der Waals surface area contributed by atoms with Crippen LogP contribution in [0, 0.1) is 5.92 Å². The van der Waals surface area contributed by atoms with Gasteiger partial charge >= 0.3 is 0 Å². The summed E-state index contributed by atoms with van der Waals surface area (Å²) < 4.78 is 5.77. The fraction of sp³-hybridized carbons (Fsp3) is 0.933. The van der Waals surface area contributed by atoms with Crippen molar-refractivity contribution in [1.82, 2.24) is 10.2 Å². The van der Waals surface area contributed by atoms with Gasteiger partial charge in [0.2, 0.25) is 5.91 Å². The van der Waals surface area contributed by atoms with E-state index < -0.39 is 6.10 Å². The van der Waals surface area contributed by atoms with E-state index in [0.29, 0.717) is 13.2 Å². The second-order valence-electron chi connectivity index (χ2n) is 6.24. The lowest BCUT2D eigenvalue weighted by Crippen LogP contribution is -2.45. The Bertz CT molecular complexity index is 297. The Morgan fingerprint density at radius 2 is 2.15 bits per heavy atom. The number of rotatable bonds is 7. The van der Waals surface area contributed by atoms with Crippen molar-refractivity contribution in [2.75, 3.05) is 27.2 Å². The lowest BCUT2D eigenvalue weighted by atomic mass is 9.89. The molecule has 0 aliphatic heterocycles. The van der Waals surface area contributed by atoms with Crippen molar-refractivity contribution in [3.05, 3.63) is 0 Å². The van der Waals surface area contributed by atoms with Crippen LogP contribution in [0.15, 0.2) is 0 Å². The molecule has 0 spiro atoms. The van der Waals surface area contributed by atoms with Crippen molar-refractivity contribution in [2.24, 2.45) is 5.92 Å². The molecule has 1 rings (SSSR count). The first kappa shape index (κ1) is 17.4. The summed E-state index contributed by atoms with van der Waals surface area (Å²) in [7, 11) is 3.45. The predicted molar refractivity (Wildman–Crippen MR) is 79.5 cm³/mol. The van der Waals surface area contributed by atoms with Gasteiger partial charge in [-0.05, 0) is 25.7 Å². The Kier molecular flexibility index (Phi) is 7.48. The van der Waals surface area contributed by atoms with Gasteiger partial charge in [-0.3, -0.25) is 4.79 Å². The molecule has 0 aromatic rings. The van der Waals surface area contributed by atoms with Crippen LogP contribution in [0.3, 0.4) is 0 Å². The Labute approximate surface area is 122 Å². The van der Waals surface area contributed by atoms with Crippen LogP contribution >= 0.6 is 0 Å². The number of carbonyl (C=O) groups is 1. The molecular weight excluding hydrogens is 256 g/mol. The van der Waals surface area contributed by atoms with Gasteiger partial charge in [-0.1, -0.05) is 19.8 Å². The minimum atomic E-state index is -0.565. The topological polar surface area (TPSA) is 61.8 Å². The number of likely N-dealkylation sites (N-methyl/N-ethyl adjacent to an activating group) is 1. The normalized spacial score (nSPS) is 26.1. The lowest BCUT2D eigenvalue weighted by molar-refractivity contribution is -0.130. The summed E-state index contributed by atoms with van der Waals surface area (Å²) >= 11 is 0. The van der Waals surface area contributed by atoms with E-state index in [-0.39, 0.29) is 18.1 Å². The van der Waals surface area contributed by atoms with Crippen LogP contribution in [0.2, 0.25) is 0 Å². The van der Waals surface area contributed by atoms with Gasteiger partial charge < -0.3 is 20.1 Å². The molecule has 0 heterocycles. The van der Waals surface area contributed by atoms with Crippen molar-refractivity contribution < 1.29 is 14.6 Å². The zero-order valence-corrected chi connectivity index (χ0v) is 13.3. The van der Waals surface area contributed by atoms with Crippen LogP contribution in [-0.2, 0) is 9.53 Å². The van der Waals surface area contributed by atoms with E-state index in [2.05, 4.69) is 12.2 Å². The number of hydrogen-bond acceptors (Lipinski definition) is 4. The Morgan fingerprint density at radius 3 is 2.75 bits per heavy atom. The molecule has 20 heavy (non-hydrogen) atoms. The third kappa shape index (κ3) is 6.20. The van der Waals surface area contributed by atoms with E-state index in [4.69, 9.17) is 4.74 Å². The van der Waals surface area contributed by atoms with Gasteiger partial charge in [-0.25, -0.2) is 0 Å². The summed E-state index contributed by atoms with van der Waals surface area (Å²) in [6.45, 7) is 4.77. The molecule has 0 aromatic carbocycles. The molecule has 2 N–H and O–H groups in total. The number of aliphatic hydroxyl groups excluding tert-OH is 1. The summed E-state index contributed by atoms with van der Waals surface area (Å²) in [4.78, 5) is 13.2. The first-order valence-corrected chi connectivity index (χ1v) is 7.64. The maximum atomic E-state index is 11.6. The van der Waals surface area contributed by atoms with Crippen LogP contribution in [0.4, 0.5) is 0 Å². The summed E-state index contributed by atoms with van der Waals surface area (Å²) in [5.74, 6) is 0.737. The largest absolute Gasteiger partial charge is 0.389 e. The van der Waals surface area contributed by atoms with Crippen molar-refractivity contribution in [3.63, 3.8) is 0 Å². The summed E-state index contributed by atoms with van der Waals surface area (Å²) in [6.07, 6.45) is 4.41. The molecule has 1 saturated carbocycles.